The Hall–Kier alpha value is -0.440. The molecular formula is C15H23Cl2NO. The molecule has 0 saturated carbocycles. The summed E-state index contributed by atoms with van der Waals surface area (Å²) < 4.78 is 5.83. The summed E-state index contributed by atoms with van der Waals surface area (Å²) in [6, 6.07) is 3.71. The molecule has 0 aliphatic carbocycles. The van der Waals surface area contributed by atoms with Gasteiger partial charge in [-0.05, 0) is 42.9 Å². The molecule has 0 bridgehead atoms. The van der Waals surface area contributed by atoms with Crippen molar-refractivity contribution < 1.29 is 4.74 Å². The van der Waals surface area contributed by atoms with Crippen molar-refractivity contribution in [1.82, 2.24) is 0 Å². The SMILES string of the molecule is CCC(N)Cc1cc(Cl)cc(Cl)c1OCCC(C)C. The number of nitrogens with two attached hydrogens (primary N) is 1. The van der Waals surface area contributed by atoms with Gasteiger partial charge < -0.3 is 10.5 Å². The molecule has 0 saturated heterocycles. The number of hydrogen-bond acceptors (Lipinski definition) is 2. The average molecular weight is 304 g/mol. The Labute approximate surface area is 126 Å². The van der Waals surface area contributed by atoms with Gasteiger partial charge in [0.05, 0.1) is 11.6 Å². The fraction of sp³-hybridized carbons (Fsp3) is 0.600. The molecular weight excluding hydrogens is 281 g/mol. The number of ether oxygens (including phenoxy) is 1. The average Bonchev–Trinajstić information content (AvgIpc) is 2.31. The molecule has 2 N–H and O–H groups in total. The molecule has 19 heavy (non-hydrogen) atoms. The maximum atomic E-state index is 6.23. The predicted octanol–water partition coefficient (Wildman–Crippen LogP) is 4.70. The standard InChI is InChI=1S/C15H23Cl2NO/c1-4-13(18)8-11-7-12(16)9-14(17)15(11)19-6-5-10(2)3/h7,9-10,13H,4-6,8,18H2,1-3H3. The van der Waals surface area contributed by atoms with E-state index in [4.69, 9.17) is 33.7 Å². The normalized spacial score (nSPS) is 12.8. The van der Waals surface area contributed by atoms with Crippen molar-refractivity contribution in [1.29, 1.82) is 0 Å². The summed E-state index contributed by atoms with van der Waals surface area (Å²) in [7, 11) is 0. The van der Waals surface area contributed by atoms with Gasteiger partial charge in [-0.3, -0.25) is 0 Å². The maximum absolute atomic E-state index is 6.23. The lowest BCUT2D eigenvalue weighted by molar-refractivity contribution is 0.286. The van der Waals surface area contributed by atoms with Crippen LogP contribution >= 0.6 is 23.2 Å². The molecule has 4 heteroatoms. The molecule has 0 aliphatic heterocycles. The monoisotopic (exact) mass is 303 g/mol. The zero-order valence-electron chi connectivity index (χ0n) is 11.9. The highest BCUT2D eigenvalue weighted by Gasteiger charge is 2.13. The Bertz CT molecular complexity index is 407. The fourth-order valence-electron chi connectivity index (χ4n) is 1.75. The minimum atomic E-state index is 0.0991. The highest BCUT2D eigenvalue weighted by atomic mass is 35.5. The first kappa shape index (κ1) is 16.6. The smallest absolute Gasteiger partial charge is 0.141 e. The van der Waals surface area contributed by atoms with E-state index in [2.05, 4.69) is 20.8 Å². The molecule has 1 aromatic carbocycles. The van der Waals surface area contributed by atoms with E-state index in [1.54, 1.807) is 6.07 Å². The van der Waals surface area contributed by atoms with Crippen LogP contribution in [0, 0.1) is 5.92 Å². The second-order valence-corrected chi connectivity index (χ2v) is 6.12. The molecule has 2 nitrogen and oxygen atoms in total. The first-order valence-electron chi connectivity index (χ1n) is 6.80. The van der Waals surface area contributed by atoms with Crippen molar-refractivity contribution in [2.24, 2.45) is 11.7 Å². The van der Waals surface area contributed by atoms with Crippen molar-refractivity contribution in [2.75, 3.05) is 6.61 Å². The van der Waals surface area contributed by atoms with Crippen LogP contribution in [0.1, 0.15) is 39.2 Å². The number of benzene rings is 1. The number of halogens is 2. The van der Waals surface area contributed by atoms with E-state index in [9.17, 15) is 0 Å². The predicted molar refractivity (Wildman–Crippen MR) is 83.4 cm³/mol. The second-order valence-electron chi connectivity index (χ2n) is 5.28. The Balaban J connectivity index is 2.86. The van der Waals surface area contributed by atoms with Crippen molar-refractivity contribution in [3.8, 4) is 5.75 Å². The third-order valence-electron chi connectivity index (χ3n) is 3.03. The minimum Gasteiger partial charge on any atom is -0.492 e. The van der Waals surface area contributed by atoms with Gasteiger partial charge in [-0.15, -0.1) is 0 Å². The molecule has 1 aromatic rings. The largest absolute Gasteiger partial charge is 0.492 e. The third kappa shape index (κ3) is 5.60. The zero-order chi connectivity index (χ0) is 14.4. The lowest BCUT2D eigenvalue weighted by Gasteiger charge is -2.17. The topological polar surface area (TPSA) is 35.2 Å². The van der Waals surface area contributed by atoms with Gasteiger partial charge in [0, 0.05) is 11.1 Å². The van der Waals surface area contributed by atoms with Gasteiger partial charge in [-0.2, -0.15) is 0 Å². The van der Waals surface area contributed by atoms with E-state index in [0.29, 0.717) is 22.6 Å². The molecule has 1 rings (SSSR count). The van der Waals surface area contributed by atoms with Crippen LogP contribution < -0.4 is 10.5 Å². The Kier molecular flexibility index (Phi) is 6.98. The summed E-state index contributed by atoms with van der Waals surface area (Å²) >= 11 is 12.3. The van der Waals surface area contributed by atoms with Gasteiger partial charge in [-0.1, -0.05) is 44.0 Å². The Morgan fingerprint density at radius 3 is 2.53 bits per heavy atom. The highest BCUT2D eigenvalue weighted by molar-refractivity contribution is 6.35. The van der Waals surface area contributed by atoms with Crippen LogP contribution in [0.2, 0.25) is 10.0 Å². The Morgan fingerprint density at radius 2 is 1.95 bits per heavy atom. The third-order valence-corrected chi connectivity index (χ3v) is 3.53. The quantitative estimate of drug-likeness (QED) is 0.792. The van der Waals surface area contributed by atoms with Crippen LogP contribution in [0.4, 0.5) is 0 Å². The number of hydrogen-bond donors (Lipinski definition) is 1. The van der Waals surface area contributed by atoms with Gasteiger partial charge in [0.2, 0.25) is 0 Å². The molecule has 0 heterocycles. The van der Waals surface area contributed by atoms with E-state index < -0.39 is 0 Å². The summed E-state index contributed by atoms with van der Waals surface area (Å²) in [5.74, 6) is 1.34. The van der Waals surface area contributed by atoms with Gasteiger partial charge in [0.15, 0.2) is 0 Å². The molecule has 1 unspecified atom stereocenters. The lowest BCUT2D eigenvalue weighted by atomic mass is 10.0. The van der Waals surface area contributed by atoms with Crippen LogP contribution in [0.15, 0.2) is 12.1 Å². The molecule has 0 fully saturated rings. The molecule has 0 amide bonds. The van der Waals surface area contributed by atoms with E-state index >= 15 is 0 Å². The first-order chi connectivity index (χ1) is 8.93. The molecule has 108 valence electrons. The second kappa shape index (κ2) is 7.98. The minimum absolute atomic E-state index is 0.0991. The molecule has 0 radical (unpaired) electrons. The van der Waals surface area contributed by atoms with Crippen molar-refractivity contribution >= 4 is 23.2 Å². The number of rotatable bonds is 7. The van der Waals surface area contributed by atoms with Crippen LogP contribution in [-0.2, 0) is 6.42 Å². The van der Waals surface area contributed by atoms with Gasteiger partial charge >= 0.3 is 0 Å². The summed E-state index contributed by atoms with van der Waals surface area (Å²) in [6.45, 7) is 7.06. The van der Waals surface area contributed by atoms with E-state index in [-0.39, 0.29) is 6.04 Å². The maximum Gasteiger partial charge on any atom is 0.141 e. The van der Waals surface area contributed by atoms with E-state index in [1.165, 1.54) is 0 Å². The van der Waals surface area contributed by atoms with E-state index in [0.717, 1.165) is 30.6 Å². The van der Waals surface area contributed by atoms with Crippen LogP contribution in [-0.4, -0.2) is 12.6 Å². The summed E-state index contributed by atoms with van der Waals surface area (Å²) in [6.07, 6.45) is 2.64. The van der Waals surface area contributed by atoms with Crippen LogP contribution in [0.5, 0.6) is 5.75 Å². The van der Waals surface area contributed by atoms with Crippen molar-refractivity contribution in [3.05, 3.63) is 27.7 Å². The summed E-state index contributed by atoms with van der Waals surface area (Å²) in [5.41, 5.74) is 7.01. The zero-order valence-corrected chi connectivity index (χ0v) is 13.4. The molecule has 0 aromatic heterocycles. The van der Waals surface area contributed by atoms with Crippen LogP contribution in [0.25, 0.3) is 0 Å². The molecule has 0 spiro atoms. The van der Waals surface area contributed by atoms with Gasteiger partial charge in [-0.25, -0.2) is 0 Å². The van der Waals surface area contributed by atoms with E-state index in [1.807, 2.05) is 6.07 Å². The lowest BCUT2D eigenvalue weighted by Crippen LogP contribution is -2.22. The summed E-state index contributed by atoms with van der Waals surface area (Å²) in [4.78, 5) is 0. The molecule has 1 atom stereocenters. The summed E-state index contributed by atoms with van der Waals surface area (Å²) in [5, 5.41) is 1.19. The van der Waals surface area contributed by atoms with Crippen molar-refractivity contribution in [3.63, 3.8) is 0 Å². The highest BCUT2D eigenvalue weighted by Crippen LogP contribution is 2.33. The van der Waals surface area contributed by atoms with Gasteiger partial charge in [0.25, 0.3) is 0 Å². The first-order valence-corrected chi connectivity index (χ1v) is 7.55. The Morgan fingerprint density at radius 1 is 1.26 bits per heavy atom. The molecule has 0 aliphatic rings. The van der Waals surface area contributed by atoms with Gasteiger partial charge in [0.1, 0.15) is 5.75 Å². The fourth-order valence-corrected chi connectivity index (χ4v) is 2.34. The van der Waals surface area contributed by atoms with Crippen LogP contribution in [0.3, 0.4) is 0 Å². The van der Waals surface area contributed by atoms with Crippen molar-refractivity contribution in [2.45, 2.75) is 46.1 Å².